The quantitative estimate of drug-likeness (QED) is 0.252. The molecule has 1 aromatic heterocycles. The molecule has 0 unspecified atom stereocenters. The molecule has 182 valence electrons. The highest BCUT2D eigenvalue weighted by Crippen LogP contribution is 2.41. The van der Waals surface area contributed by atoms with Crippen LogP contribution in [0.2, 0.25) is 0 Å². The molecule has 0 radical (unpaired) electrons. The van der Waals surface area contributed by atoms with Gasteiger partial charge >= 0.3 is 0 Å². The van der Waals surface area contributed by atoms with Crippen molar-refractivity contribution in [2.24, 2.45) is 0 Å². The third-order valence-corrected chi connectivity index (χ3v) is 6.91. The molecule has 3 aromatic carbocycles. The maximum Gasteiger partial charge on any atom is 0.256 e. The minimum Gasteiger partial charge on any atom is -0.461 e. The largest absolute Gasteiger partial charge is 0.461 e. The lowest BCUT2D eigenvalue weighted by atomic mass is 9.91. The van der Waals surface area contributed by atoms with E-state index in [1.807, 2.05) is 24.3 Å². The lowest BCUT2D eigenvalue weighted by Gasteiger charge is -2.11. The number of nitrogens with one attached hydrogen (secondary N) is 2. The minimum atomic E-state index is -0.301. The Morgan fingerprint density at radius 2 is 1.73 bits per heavy atom. The van der Waals surface area contributed by atoms with Crippen LogP contribution in [0.25, 0.3) is 22.8 Å². The highest BCUT2D eigenvalue weighted by Gasteiger charge is 2.28. The van der Waals surface area contributed by atoms with Crippen molar-refractivity contribution in [1.29, 1.82) is 0 Å². The average Bonchev–Trinajstić information content (AvgIpc) is 3.46. The molecule has 0 bridgehead atoms. The lowest BCUT2D eigenvalue weighted by molar-refractivity contribution is -0.110. The van der Waals surface area contributed by atoms with Crippen molar-refractivity contribution in [3.63, 3.8) is 0 Å². The molecule has 6 heteroatoms. The number of carbonyl (C=O) groups is 3. The van der Waals surface area contributed by atoms with E-state index in [2.05, 4.69) is 22.8 Å². The number of benzene rings is 3. The Kier molecular flexibility index (Phi) is 5.77. The maximum atomic E-state index is 13.0. The van der Waals surface area contributed by atoms with Crippen LogP contribution in [0.3, 0.4) is 0 Å². The molecule has 2 amide bonds. The third kappa shape index (κ3) is 4.27. The number of furan rings is 1. The van der Waals surface area contributed by atoms with E-state index in [1.54, 1.807) is 42.5 Å². The minimum absolute atomic E-state index is 0.212. The summed E-state index contributed by atoms with van der Waals surface area (Å²) in [5.74, 6) is 1.17. The molecule has 6 rings (SSSR count). The first-order chi connectivity index (χ1) is 18.1. The Hall–Kier alpha value is -4.71. The summed E-state index contributed by atoms with van der Waals surface area (Å²) in [5.41, 5.74) is 6.72. The Morgan fingerprint density at radius 1 is 0.946 bits per heavy atom. The standard InChI is InChI=1S/C31H24N2O4/c34-18-19-10-12-21(13-11-19)30(35)32-22-14-15-26-24(16-22)25(31(36)33-26)17-28-29(20-6-2-1-3-7-20)23-8-4-5-9-27(23)37-28/h1-3,6-7,10-18H,4-5,8-9H2,(H,32,35)(H,33,36). The van der Waals surface area contributed by atoms with Gasteiger partial charge < -0.3 is 15.1 Å². The van der Waals surface area contributed by atoms with Gasteiger partial charge in [0.05, 0.1) is 5.57 Å². The number of anilines is 2. The van der Waals surface area contributed by atoms with Crippen LogP contribution in [-0.2, 0) is 17.6 Å². The predicted molar refractivity (Wildman–Crippen MR) is 144 cm³/mol. The Labute approximate surface area is 214 Å². The molecule has 6 nitrogen and oxygen atoms in total. The first-order valence-electron chi connectivity index (χ1n) is 12.3. The third-order valence-electron chi connectivity index (χ3n) is 6.91. The molecular formula is C31H24N2O4. The summed E-state index contributed by atoms with van der Waals surface area (Å²) in [6.07, 6.45) is 6.62. The molecule has 1 aliphatic heterocycles. The van der Waals surface area contributed by atoms with Crippen molar-refractivity contribution < 1.29 is 18.8 Å². The Balaban J connectivity index is 1.37. The molecule has 4 aromatic rings. The van der Waals surface area contributed by atoms with Gasteiger partial charge in [0, 0.05) is 45.6 Å². The second-order valence-electron chi connectivity index (χ2n) is 9.28. The zero-order valence-electron chi connectivity index (χ0n) is 20.0. The molecule has 2 aliphatic rings. The Bertz CT molecular complexity index is 1560. The van der Waals surface area contributed by atoms with Crippen LogP contribution in [0.5, 0.6) is 0 Å². The number of amides is 2. The summed E-state index contributed by atoms with van der Waals surface area (Å²) in [6, 6.07) is 21.9. The maximum absolute atomic E-state index is 13.0. The normalized spacial score (nSPS) is 15.1. The van der Waals surface area contributed by atoms with Gasteiger partial charge in [-0.2, -0.15) is 0 Å². The summed E-state index contributed by atoms with van der Waals surface area (Å²) < 4.78 is 6.34. The van der Waals surface area contributed by atoms with Crippen molar-refractivity contribution in [1.82, 2.24) is 0 Å². The van der Waals surface area contributed by atoms with Crippen LogP contribution < -0.4 is 10.6 Å². The number of fused-ring (bicyclic) bond motifs is 2. The summed E-state index contributed by atoms with van der Waals surface area (Å²) >= 11 is 0. The fraction of sp³-hybridized carbons (Fsp3) is 0.129. The smallest absolute Gasteiger partial charge is 0.256 e. The fourth-order valence-corrected chi connectivity index (χ4v) is 5.07. The molecule has 0 spiro atoms. The van der Waals surface area contributed by atoms with Gasteiger partial charge in [0.15, 0.2) is 0 Å². The summed E-state index contributed by atoms with van der Waals surface area (Å²) in [7, 11) is 0. The van der Waals surface area contributed by atoms with Crippen LogP contribution in [0, 0.1) is 0 Å². The monoisotopic (exact) mass is 488 g/mol. The van der Waals surface area contributed by atoms with Crippen molar-refractivity contribution in [3.8, 4) is 11.1 Å². The topological polar surface area (TPSA) is 88.4 Å². The second-order valence-corrected chi connectivity index (χ2v) is 9.28. The van der Waals surface area contributed by atoms with E-state index in [0.29, 0.717) is 39.4 Å². The van der Waals surface area contributed by atoms with Crippen molar-refractivity contribution in [2.75, 3.05) is 10.6 Å². The van der Waals surface area contributed by atoms with Crippen LogP contribution in [0.15, 0.2) is 77.2 Å². The van der Waals surface area contributed by atoms with E-state index in [1.165, 1.54) is 5.56 Å². The van der Waals surface area contributed by atoms with E-state index >= 15 is 0 Å². The lowest BCUT2D eigenvalue weighted by Crippen LogP contribution is -2.11. The van der Waals surface area contributed by atoms with Gasteiger partial charge in [0.2, 0.25) is 0 Å². The highest BCUT2D eigenvalue weighted by atomic mass is 16.3. The summed E-state index contributed by atoms with van der Waals surface area (Å²) in [6.45, 7) is 0. The number of hydrogen-bond donors (Lipinski definition) is 2. The van der Waals surface area contributed by atoms with Crippen molar-refractivity contribution >= 4 is 41.1 Å². The van der Waals surface area contributed by atoms with Gasteiger partial charge in [-0.25, -0.2) is 0 Å². The predicted octanol–water partition coefficient (Wildman–Crippen LogP) is 6.38. The molecule has 0 fully saturated rings. The molecular weight excluding hydrogens is 464 g/mol. The van der Waals surface area contributed by atoms with Crippen LogP contribution in [-0.4, -0.2) is 18.1 Å². The SMILES string of the molecule is O=Cc1ccc(C(=O)Nc2ccc3c(c2)C(=Cc2oc4c(c2-c2ccccc2)CCCC4)C(=O)N3)cc1. The van der Waals surface area contributed by atoms with Gasteiger partial charge in [-0.05, 0) is 61.2 Å². The average molecular weight is 489 g/mol. The van der Waals surface area contributed by atoms with Crippen LogP contribution >= 0.6 is 0 Å². The van der Waals surface area contributed by atoms with Gasteiger partial charge in [-0.1, -0.05) is 42.5 Å². The van der Waals surface area contributed by atoms with Gasteiger partial charge in [-0.15, -0.1) is 0 Å². The Morgan fingerprint density at radius 3 is 2.51 bits per heavy atom. The number of aldehydes is 1. The first-order valence-corrected chi connectivity index (χ1v) is 12.3. The van der Waals surface area contributed by atoms with E-state index in [-0.39, 0.29) is 11.8 Å². The molecule has 2 heterocycles. The summed E-state index contributed by atoms with van der Waals surface area (Å²) in [5, 5.41) is 5.80. The van der Waals surface area contributed by atoms with Crippen molar-refractivity contribution in [3.05, 3.63) is 107 Å². The fourth-order valence-electron chi connectivity index (χ4n) is 5.07. The number of hydrogen-bond acceptors (Lipinski definition) is 4. The van der Waals surface area contributed by atoms with Crippen LogP contribution in [0.4, 0.5) is 11.4 Å². The molecule has 0 saturated heterocycles. The number of rotatable bonds is 5. The van der Waals surface area contributed by atoms with Gasteiger partial charge in [-0.3, -0.25) is 14.4 Å². The molecule has 2 N–H and O–H groups in total. The molecule has 0 atom stereocenters. The number of aryl methyl sites for hydroxylation is 1. The van der Waals surface area contributed by atoms with E-state index in [4.69, 9.17) is 4.42 Å². The summed E-state index contributed by atoms with van der Waals surface area (Å²) in [4.78, 5) is 36.6. The van der Waals surface area contributed by atoms with E-state index in [9.17, 15) is 14.4 Å². The second kappa shape index (κ2) is 9.39. The van der Waals surface area contributed by atoms with Crippen molar-refractivity contribution in [2.45, 2.75) is 25.7 Å². The van der Waals surface area contributed by atoms with Gasteiger partial charge in [0.1, 0.15) is 17.8 Å². The molecule has 0 saturated carbocycles. The highest BCUT2D eigenvalue weighted by molar-refractivity contribution is 6.35. The first kappa shape index (κ1) is 22.7. The van der Waals surface area contributed by atoms with Gasteiger partial charge in [0.25, 0.3) is 11.8 Å². The van der Waals surface area contributed by atoms with E-state index in [0.717, 1.165) is 48.9 Å². The van der Waals surface area contributed by atoms with Crippen LogP contribution in [0.1, 0.15) is 56.2 Å². The zero-order chi connectivity index (χ0) is 25.4. The number of carbonyl (C=O) groups excluding carboxylic acids is 3. The molecule has 1 aliphatic carbocycles. The zero-order valence-corrected chi connectivity index (χ0v) is 20.0. The van der Waals surface area contributed by atoms with E-state index < -0.39 is 0 Å². The molecule has 37 heavy (non-hydrogen) atoms.